The zero-order valence-corrected chi connectivity index (χ0v) is 15.4. The highest BCUT2D eigenvalue weighted by atomic mass is 16.5. The molecule has 0 saturated carbocycles. The number of fused-ring (bicyclic) bond motifs is 1. The Balaban J connectivity index is 1.80. The van der Waals surface area contributed by atoms with Crippen molar-refractivity contribution in [2.24, 2.45) is 0 Å². The molecule has 0 aliphatic heterocycles. The second-order valence-corrected chi connectivity index (χ2v) is 6.42. The van der Waals surface area contributed by atoms with Crippen molar-refractivity contribution in [3.05, 3.63) is 54.2 Å². The maximum Gasteiger partial charge on any atom is 0.328 e. The number of hydrogen-bond donors (Lipinski definition) is 1. The molecule has 0 spiro atoms. The fraction of sp³-hybridized carbons (Fsp3) is 0.316. The standard InChI is InChI=1S/C19H21N5O3/c1-12(2)24-11-22-15-9-14(10-21-17(15)24)18(25)23-16(19(26)27-3)8-13-4-6-20-7-5-13/h4-7,9-12,16H,8H2,1-3H3,(H,23,25)/t16-/m1/s1. The average Bonchev–Trinajstić information content (AvgIpc) is 3.11. The Morgan fingerprint density at radius 3 is 2.63 bits per heavy atom. The molecule has 3 aromatic heterocycles. The van der Waals surface area contributed by atoms with E-state index in [0.29, 0.717) is 23.1 Å². The average molecular weight is 367 g/mol. The van der Waals surface area contributed by atoms with Gasteiger partial charge in [-0.3, -0.25) is 9.78 Å². The minimum Gasteiger partial charge on any atom is -0.467 e. The molecule has 8 nitrogen and oxygen atoms in total. The minimum absolute atomic E-state index is 0.214. The van der Waals surface area contributed by atoms with E-state index in [0.717, 1.165) is 5.56 Å². The molecule has 0 saturated heterocycles. The van der Waals surface area contributed by atoms with E-state index in [1.807, 2.05) is 18.4 Å². The summed E-state index contributed by atoms with van der Waals surface area (Å²) in [6.45, 7) is 4.06. The van der Waals surface area contributed by atoms with Gasteiger partial charge in [-0.15, -0.1) is 0 Å². The van der Waals surface area contributed by atoms with E-state index in [1.165, 1.54) is 13.3 Å². The molecule has 140 valence electrons. The van der Waals surface area contributed by atoms with Crippen LogP contribution in [0.3, 0.4) is 0 Å². The van der Waals surface area contributed by atoms with Gasteiger partial charge >= 0.3 is 5.97 Å². The Labute approximate surface area is 156 Å². The monoisotopic (exact) mass is 367 g/mol. The van der Waals surface area contributed by atoms with Crippen LogP contribution in [0.1, 0.15) is 35.8 Å². The Hall–Kier alpha value is -3.29. The van der Waals surface area contributed by atoms with Crippen LogP contribution in [0.4, 0.5) is 0 Å². The quantitative estimate of drug-likeness (QED) is 0.668. The fourth-order valence-electron chi connectivity index (χ4n) is 2.75. The topological polar surface area (TPSA) is 99.0 Å². The molecule has 0 aromatic carbocycles. The number of carbonyl (C=O) groups excluding carboxylic acids is 2. The van der Waals surface area contributed by atoms with Gasteiger partial charge in [0, 0.05) is 31.1 Å². The van der Waals surface area contributed by atoms with E-state index in [1.54, 1.807) is 36.9 Å². The Bertz CT molecular complexity index is 952. The fourth-order valence-corrected chi connectivity index (χ4v) is 2.75. The predicted molar refractivity (Wildman–Crippen MR) is 99.1 cm³/mol. The van der Waals surface area contributed by atoms with Gasteiger partial charge in [0.15, 0.2) is 5.65 Å². The number of aromatic nitrogens is 4. The maximum atomic E-state index is 12.6. The van der Waals surface area contributed by atoms with Crippen LogP contribution < -0.4 is 5.32 Å². The molecular formula is C19H21N5O3. The van der Waals surface area contributed by atoms with E-state index >= 15 is 0 Å². The minimum atomic E-state index is -0.811. The van der Waals surface area contributed by atoms with Crippen LogP contribution in [-0.4, -0.2) is 44.5 Å². The molecule has 1 amide bonds. The summed E-state index contributed by atoms with van der Waals surface area (Å²) >= 11 is 0. The van der Waals surface area contributed by atoms with Crippen LogP contribution in [0.25, 0.3) is 11.2 Å². The van der Waals surface area contributed by atoms with Crippen LogP contribution in [0.5, 0.6) is 0 Å². The summed E-state index contributed by atoms with van der Waals surface area (Å²) < 4.78 is 6.75. The van der Waals surface area contributed by atoms with Crippen molar-refractivity contribution in [1.29, 1.82) is 0 Å². The molecule has 3 rings (SSSR count). The van der Waals surface area contributed by atoms with Gasteiger partial charge in [-0.25, -0.2) is 14.8 Å². The van der Waals surface area contributed by atoms with E-state index in [9.17, 15) is 9.59 Å². The highest BCUT2D eigenvalue weighted by Gasteiger charge is 2.23. The number of amides is 1. The van der Waals surface area contributed by atoms with Gasteiger partial charge < -0.3 is 14.6 Å². The number of pyridine rings is 2. The van der Waals surface area contributed by atoms with Gasteiger partial charge in [-0.2, -0.15) is 0 Å². The van der Waals surface area contributed by atoms with Crippen LogP contribution >= 0.6 is 0 Å². The number of nitrogens with one attached hydrogen (secondary N) is 1. The number of rotatable bonds is 6. The van der Waals surface area contributed by atoms with Crippen molar-refractivity contribution < 1.29 is 14.3 Å². The highest BCUT2D eigenvalue weighted by molar-refractivity contribution is 5.98. The Morgan fingerprint density at radius 2 is 1.96 bits per heavy atom. The largest absolute Gasteiger partial charge is 0.467 e. The first-order chi connectivity index (χ1) is 13.0. The van der Waals surface area contributed by atoms with Crippen LogP contribution in [0.2, 0.25) is 0 Å². The second kappa shape index (κ2) is 7.94. The van der Waals surface area contributed by atoms with Crippen molar-refractivity contribution in [1.82, 2.24) is 24.8 Å². The van der Waals surface area contributed by atoms with Crippen molar-refractivity contribution >= 4 is 23.0 Å². The smallest absolute Gasteiger partial charge is 0.328 e. The first-order valence-electron chi connectivity index (χ1n) is 8.59. The molecule has 3 aromatic rings. The third kappa shape index (κ3) is 4.11. The molecule has 8 heteroatoms. The second-order valence-electron chi connectivity index (χ2n) is 6.42. The van der Waals surface area contributed by atoms with Gasteiger partial charge in [0.1, 0.15) is 11.6 Å². The summed E-state index contributed by atoms with van der Waals surface area (Å²) in [6, 6.07) is 4.64. The summed E-state index contributed by atoms with van der Waals surface area (Å²) in [5.74, 6) is -0.925. The SMILES string of the molecule is COC(=O)[C@@H](Cc1ccncc1)NC(=O)c1cnc2c(c1)ncn2C(C)C. The van der Waals surface area contributed by atoms with E-state index < -0.39 is 17.9 Å². The van der Waals surface area contributed by atoms with Crippen molar-refractivity contribution in [2.45, 2.75) is 32.4 Å². The van der Waals surface area contributed by atoms with E-state index in [4.69, 9.17) is 4.74 Å². The molecule has 0 radical (unpaired) electrons. The zero-order valence-electron chi connectivity index (χ0n) is 15.4. The summed E-state index contributed by atoms with van der Waals surface area (Å²) in [4.78, 5) is 37.3. The van der Waals surface area contributed by atoms with Gasteiger partial charge in [0.25, 0.3) is 5.91 Å². The first kappa shape index (κ1) is 18.5. The van der Waals surface area contributed by atoms with Gasteiger partial charge in [0.05, 0.1) is 19.0 Å². The maximum absolute atomic E-state index is 12.6. The van der Waals surface area contributed by atoms with Gasteiger partial charge in [-0.05, 0) is 37.6 Å². The van der Waals surface area contributed by atoms with Crippen molar-refractivity contribution in [3.63, 3.8) is 0 Å². The number of carbonyl (C=O) groups is 2. The summed E-state index contributed by atoms with van der Waals surface area (Å²) in [5, 5.41) is 2.72. The third-order valence-corrected chi connectivity index (χ3v) is 4.21. The number of esters is 1. The molecule has 0 aliphatic rings. The van der Waals surface area contributed by atoms with E-state index in [-0.39, 0.29) is 6.04 Å². The van der Waals surface area contributed by atoms with Crippen LogP contribution in [-0.2, 0) is 16.0 Å². The van der Waals surface area contributed by atoms with Crippen LogP contribution in [0, 0.1) is 0 Å². The van der Waals surface area contributed by atoms with Gasteiger partial charge in [-0.1, -0.05) is 0 Å². The lowest BCUT2D eigenvalue weighted by Gasteiger charge is -2.16. The molecule has 0 fully saturated rings. The van der Waals surface area contributed by atoms with Crippen LogP contribution in [0.15, 0.2) is 43.1 Å². The molecule has 27 heavy (non-hydrogen) atoms. The lowest BCUT2D eigenvalue weighted by Crippen LogP contribution is -2.43. The molecule has 0 unspecified atom stereocenters. The normalized spacial score (nSPS) is 12.1. The molecule has 1 N–H and O–H groups in total. The number of methoxy groups -OCH3 is 1. The van der Waals surface area contributed by atoms with Gasteiger partial charge in [0.2, 0.25) is 0 Å². The molecular weight excluding hydrogens is 346 g/mol. The lowest BCUT2D eigenvalue weighted by molar-refractivity contribution is -0.142. The Morgan fingerprint density at radius 1 is 1.22 bits per heavy atom. The number of imidazole rings is 1. The number of hydrogen-bond acceptors (Lipinski definition) is 6. The Kier molecular flexibility index (Phi) is 5.44. The lowest BCUT2D eigenvalue weighted by atomic mass is 10.1. The molecule has 0 bridgehead atoms. The van der Waals surface area contributed by atoms with Crippen molar-refractivity contribution in [3.8, 4) is 0 Å². The van der Waals surface area contributed by atoms with Crippen molar-refractivity contribution in [2.75, 3.05) is 7.11 Å². The third-order valence-electron chi connectivity index (χ3n) is 4.21. The number of nitrogens with zero attached hydrogens (tertiary/aromatic N) is 4. The molecule has 0 aliphatic carbocycles. The highest BCUT2D eigenvalue weighted by Crippen LogP contribution is 2.16. The zero-order chi connectivity index (χ0) is 19.4. The predicted octanol–water partition coefficient (Wildman–Crippen LogP) is 1.92. The van der Waals surface area contributed by atoms with E-state index in [2.05, 4.69) is 20.3 Å². The number of ether oxygens (including phenoxy) is 1. The summed E-state index contributed by atoms with van der Waals surface area (Å²) in [6.07, 6.45) is 6.76. The molecule has 1 atom stereocenters. The summed E-state index contributed by atoms with van der Waals surface area (Å²) in [5.41, 5.74) is 2.54. The molecule has 3 heterocycles. The summed E-state index contributed by atoms with van der Waals surface area (Å²) in [7, 11) is 1.29. The first-order valence-corrected chi connectivity index (χ1v) is 8.59.